The second-order valence-electron chi connectivity index (χ2n) is 4.16. The molecule has 0 aliphatic rings. The molecular formula is C12H14N4O2S. The minimum Gasteiger partial charge on any atom is -0.478 e. The van der Waals surface area contributed by atoms with Gasteiger partial charge in [-0.2, -0.15) is 5.10 Å². The van der Waals surface area contributed by atoms with Gasteiger partial charge in [-0.25, -0.2) is 14.8 Å². The number of thioether (sulfide) groups is 1. The Balaban J connectivity index is 2.18. The molecule has 0 saturated heterocycles. The van der Waals surface area contributed by atoms with Gasteiger partial charge >= 0.3 is 5.97 Å². The van der Waals surface area contributed by atoms with Gasteiger partial charge < -0.3 is 5.11 Å². The molecule has 7 heteroatoms. The standard InChI is InChI=1S/C12H14N4O2S/c1-7-4-8(2)15-12(14-7)19-6-10-9(11(17)18)5-13-16(10)3/h4-5H,6H2,1-3H3,(H,17,18). The van der Waals surface area contributed by atoms with Crippen molar-refractivity contribution in [3.8, 4) is 0 Å². The molecule has 2 heterocycles. The highest BCUT2D eigenvalue weighted by Crippen LogP contribution is 2.21. The fourth-order valence-corrected chi connectivity index (χ4v) is 2.73. The van der Waals surface area contributed by atoms with Gasteiger partial charge in [-0.05, 0) is 19.9 Å². The zero-order chi connectivity index (χ0) is 14.0. The van der Waals surface area contributed by atoms with Gasteiger partial charge in [0.15, 0.2) is 5.16 Å². The van der Waals surface area contributed by atoms with Gasteiger partial charge in [-0.3, -0.25) is 4.68 Å². The van der Waals surface area contributed by atoms with Crippen LogP contribution in [0.15, 0.2) is 17.4 Å². The number of rotatable bonds is 4. The maximum absolute atomic E-state index is 11.1. The minimum atomic E-state index is -0.968. The summed E-state index contributed by atoms with van der Waals surface area (Å²) in [5.41, 5.74) is 2.68. The van der Waals surface area contributed by atoms with Crippen molar-refractivity contribution in [2.24, 2.45) is 7.05 Å². The predicted octanol–water partition coefficient (Wildman–Crippen LogP) is 1.82. The first-order chi connectivity index (χ1) is 8.97. The quantitative estimate of drug-likeness (QED) is 0.678. The normalized spacial score (nSPS) is 10.7. The van der Waals surface area contributed by atoms with E-state index in [1.54, 1.807) is 11.7 Å². The van der Waals surface area contributed by atoms with Gasteiger partial charge in [0.2, 0.25) is 0 Å². The third-order valence-electron chi connectivity index (χ3n) is 2.59. The second-order valence-corrected chi connectivity index (χ2v) is 5.10. The molecule has 0 spiro atoms. The lowest BCUT2D eigenvalue weighted by Gasteiger charge is -2.04. The number of carboxylic acid groups (broad SMARTS) is 1. The van der Waals surface area contributed by atoms with Crippen molar-refractivity contribution in [1.82, 2.24) is 19.7 Å². The highest BCUT2D eigenvalue weighted by molar-refractivity contribution is 7.98. The number of aromatic carboxylic acids is 1. The van der Waals surface area contributed by atoms with Crippen LogP contribution in [0.3, 0.4) is 0 Å². The van der Waals surface area contributed by atoms with Crippen LogP contribution in [0.25, 0.3) is 0 Å². The molecule has 0 fully saturated rings. The van der Waals surface area contributed by atoms with Crippen molar-refractivity contribution in [3.63, 3.8) is 0 Å². The highest BCUT2D eigenvalue weighted by atomic mass is 32.2. The van der Waals surface area contributed by atoms with E-state index in [1.165, 1.54) is 18.0 Å². The molecule has 2 aromatic rings. The summed E-state index contributed by atoms with van der Waals surface area (Å²) in [4.78, 5) is 19.7. The summed E-state index contributed by atoms with van der Waals surface area (Å²) >= 11 is 1.41. The van der Waals surface area contributed by atoms with Crippen LogP contribution in [-0.2, 0) is 12.8 Å². The number of carboxylic acids is 1. The molecule has 0 unspecified atom stereocenters. The van der Waals surface area contributed by atoms with E-state index in [9.17, 15) is 4.79 Å². The Morgan fingerprint density at radius 2 is 2.00 bits per heavy atom. The largest absolute Gasteiger partial charge is 0.478 e. The van der Waals surface area contributed by atoms with Crippen LogP contribution in [0.4, 0.5) is 0 Å². The number of aryl methyl sites for hydroxylation is 3. The predicted molar refractivity (Wildman–Crippen MR) is 71.2 cm³/mol. The zero-order valence-electron chi connectivity index (χ0n) is 10.9. The first kappa shape index (κ1) is 13.5. The molecule has 0 saturated carbocycles. The van der Waals surface area contributed by atoms with Crippen molar-refractivity contribution >= 4 is 17.7 Å². The summed E-state index contributed by atoms with van der Waals surface area (Å²) in [5, 5.41) is 13.7. The number of nitrogens with zero attached hydrogens (tertiary/aromatic N) is 4. The van der Waals surface area contributed by atoms with Gasteiger partial charge in [0.1, 0.15) is 5.56 Å². The molecule has 0 bridgehead atoms. The van der Waals surface area contributed by atoms with E-state index in [-0.39, 0.29) is 5.56 Å². The van der Waals surface area contributed by atoms with Crippen molar-refractivity contribution < 1.29 is 9.90 Å². The molecular weight excluding hydrogens is 264 g/mol. The number of hydrogen-bond acceptors (Lipinski definition) is 5. The van der Waals surface area contributed by atoms with Crippen LogP contribution in [0, 0.1) is 13.8 Å². The van der Waals surface area contributed by atoms with Crippen LogP contribution < -0.4 is 0 Å². The van der Waals surface area contributed by atoms with E-state index < -0.39 is 5.97 Å². The summed E-state index contributed by atoms with van der Waals surface area (Å²) < 4.78 is 1.57. The van der Waals surface area contributed by atoms with Gasteiger partial charge in [-0.1, -0.05) is 11.8 Å². The van der Waals surface area contributed by atoms with E-state index in [0.717, 1.165) is 11.4 Å². The molecule has 0 aromatic carbocycles. The van der Waals surface area contributed by atoms with Crippen LogP contribution in [-0.4, -0.2) is 30.8 Å². The van der Waals surface area contributed by atoms with Gasteiger partial charge in [0.05, 0.1) is 11.9 Å². The third kappa shape index (κ3) is 3.11. The topological polar surface area (TPSA) is 80.9 Å². The fraction of sp³-hybridized carbons (Fsp3) is 0.333. The molecule has 100 valence electrons. The Bertz CT molecular complexity index is 604. The minimum absolute atomic E-state index is 0.222. The summed E-state index contributed by atoms with van der Waals surface area (Å²) in [6.07, 6.45) is 1.36. The van der Waals surface area contributed by atoms with E-state index in [2.05, 4.69) is 15.1 Å². The van der Waals surface area contributed by atoms with Gasteiger partial charge in [0.25, 0.3) is 0 Å². The average Bonchev–Trinajstić information content (AvgIpc) is 2.67. The summed E-state index contributed by atoms with van der Waals surface area (Å²) in [7, 11) is 1.73. The Morgan fingerprint density at radius 1 is 1.37 bits per heavy atom. The molecule has 1 N–H and O–H groups in total. The Labute approximate surface area is 114 Å². The molecule has 0 aliphatic heterocycles. The lowest BCUT2D eigenvalue weighted by Crippen LogP contribution is -2.04. The molecule has 0 radical (unpaired) electrons. The molecule has 0 amide bonds. The summed E-state index contributed by atoms with van der Waals surface area (Å²) in [5.74, 6) is -0.494. The fourth-order valence-electron chi connectivity index (χ4n) is 1.70. The summed E-state index contributed by atoms with van der Waals surface area (Å²) in [6, 6.07) is 1.90. The highest BCUT2D eigenvalue weighted by Gasteiger charge is 2.15. The van der Waals surface area contributed by atoms with E-state index in [4.69, 9.17) is 5.11 Å². The van der Waals surface area contributed by atoms with Crippen LogP contribution in [0.2, 0.25) is 0 Å². The molecule has 2 rings (SSSR count). The lowest BCUT2D eigenvalue weighted by molar-refractivity contribution is 0.0696. The number of hydrogen-bond donors (Lipinski definition) is 1. The monoisotopic (exact) mass is 278 g/mol. The third-order valence-corrected chi connectivity index (χ3v) is 3.45. The first-order valence-electron chi connectivity index (χ1n) is 5.66. The van der Waals surface area contributed by atoms with E-state index in [0.29, 0.717) is 16.6 Å². The van der Waals surface area contributed by atoms with Crippen molar-refractivity contribution in [2.45, 2.75) is 24.8 Å². The first-order valence-corrected chi connectivity index (χ1v) is 6.65. The second kappa shape index (κ2) is 5.40. The van der Waals surface area contributed by atoms with Crippen LogP contribution in [0.5, 0.6) is 0 Å². The van der Waals surface area contributed by atoms with E-state index in [1.807, 2.05) is 19.9 Å². The Kier molecular flexibility index (Phi) is 3.84. The van der Waals surface area contributed by atoms with Crippen molar-refractivity contribution in [1.29, 1.82) is 0 Å². The molecule has 0 atom stereocenters. The molecule has 6 nitrogen and oxygen atoms in total. The SMILES string of the molecule is Cc1cc(C)nc(SCc2c(C(=O)O)cnn2C)n1. The molecule has 19 heavy (non-hydrogen) atoms. The maximum atomic E-state index is 11.1. The summed E-state index contributed by atoms with van der Waals surface area (Å²) in [6.45, 7) is 3.82. The molecule has 2 aromatic heterocycles. The maximum Gasteiger partial charge on any atom is 0.339 e. The Hall–Kier alpha value is -1.89. The van der Waals surface area contributed by atoms with Crippen molar-refractivity contribution in [3.05, 3.63) is 34.9 Å². The van der Waals surface area contributed by atoms with E-state index >= 15 is 0 Å². The van der Waals surface area contributed by atoms with Gasteiger partial charge in [0, 0.05) is 24.2 Å². The average molecular weight is 278 g/mol. The van der Waals surface area contributed by atoms with Gasteiger partial charge in [-0.15, -0.1) is 0 Å². The zero-order valence-corrected chi connectivity index (χ0v) is 11.7. The van der Waals surface area contributed by atoms with Crippen molar-refractivity contribution in [2.75, 3.05) is 0 Å². The Morgan fingerprint density at radius 3 is 2.58 bits per heavy atom. The number of carbonyl (C=O) groups is 1. The van der Waals surface area contributed by atoms with Crippen LogP contribution >= 0.6 is 11.8 Å². The lowest BCUT2D eigenvalue weighted by atomic mass is 10.3. The molecule has 0 aliphatic carbocycles. The smallest absolute Gasteiger partial charge is 0.339 e. The number of aromatic nitrogens is 4. The van der Waals surface area contributed by atoms with Crippen LogP contribution in [0.1, 0.15) is 27.4 Å².